The Morgan fingerprint density at radius 2 is 1.96 bits per heavy atom. The fourth-order valence-electron chi connectivity index (χ4n) is 4.31. The molecule has 2 aliphatic rings. The highest BCUT2D eigenvalue weighted by Crippen LogP contribution is 2.39. The van der Waals surface area contributed by atoms with Gasteiger partial charge in [-0.3, -0.25) is 19.3 Å². The van der Waals surface area contributed by atoms with Crippen LogP contribution in [-0.4, -0.2) is 48.4 Å². The van der Waals surface area contributed by atoms with Crippen molar-refractivity contribution < 1.29 is 19.1 Å². The number of esters is 1. The number of primary amides is 1. The van der Waals surface area contributed by atoms with Crippen molar-refractivity contribution >= 4 is 23.5 Å². The van der Waals surface area contributed by atoms with Crippen LogP contribution in [0.1, 0.15) is 42.5 Å². The Morgan fingerprint density at radius 3 is 2.69 bits per heavy atom. The first-order chi connectivity index (χ1) is 12.5. The van der Waals surface area contributed by atoms with Gasteiger partial charge < -0.3 is 15.8 Å². The SMILES string of the molecule is COC(=O)[C@@H]1C[C@H]2CCCC[C@H]2N1CC(=O)Nc1ccccc1C(N)=O. The van der Waals surface area contributed by atoms with Crippen LogP contribution in [0, 0.1) is 5.92 Å². The maximum Gasteiger partial charge on any atom is 0.323 e. The number of hydrogen-bond acceptors (Lipinski definition) is 5. The highest BCUT2D eigenvalue weighted by Gasteiger charge is 2.46. The maximum absolute atomic E-state index is 12.6. The molecule has 1 saturated carbocycles. The number of nitrogens with zero attached hydrogens (tertiary/aromatic N) is 1. The third kappa shape index (κ3) is 3.72. The van der Waals surface area contributed by atoms with Gasteiger partial charge in [-0.1, -0.05) is 25.0 Å². The number of amides is 2. The molecule has 3 atom stereocenters. The van der Waals surface area contributed by atoms with Gasteiger partial charge in [0.05, 0.1) is 24.9 Å². The van der Waals surface area contributed by atoms with Crippen molar-refractivity contribution in [2.75, 3.05) is 19.0 Å². The summed E-state index contributed by atoms with van der Waals surface area (Å²) in [6, 6.07) is 6.48. The number of nitrogens with two attached hydrogens (primary N) is 1. The van der Waals surface area contributed by atoms with Crippen molar-refractivity contribution in [2.24, 2.45) is 11.7 Å². The number of hydrogen-bond donors (Lipinski definition) is 2. The number of para-hydroxylation sites is 1. The van der Waals surface area contributed by atoms with E-state index in [0.717, 1.165) is 25.7 Å². The Hall–Kier alpha value is -2.41. The normalized spacial score (nSPS) is 25.3. The van der Waals surface area contributed by atoms with Crippen LogP contribution in [0.5, 0.6) is 0 Å². The topological polar surface area (TPSA) is 102 Å². The van der Waals surface area contributed by atoms with E-state index in [1.165, 1.54) is 13.5 Å². The quantitative estimate of drug-likeness (QED) is 0.776. The molecule has 0 bridgehead atoms. The van der Waals surface area contributed by atoms with Crippen LogP contribution in [0.15, 0.2) is 24.3 Å². The lowest BCUT2D eigenvalue weighted by atomic mass is 9.85. The van der Waals surface area contributed by atoms with E-state index in [0.29, 0.717) is 11.6 Å². The van der Waals surface area contributed by atoms with Crippen LogP contribution in [0.4, 0.5) is 5.69 Å². The number of benzene rings is 1. The molecule has 1 saturated heterocycles. The molecule has 7 heteroatoms. The van der Waals surface area contributed by atoms with Gasteiger partial charge >= 0.3 is 5.97 Å². The average Bonchev–Trinajstić information content (AvgIpc) is 3.00. The molecule has 1 aromatic carbocycles. The summed E-state index contributed by atoms with van der Waals surface area (Å²) in [5, 5.41) is 2.76. The Kier molecular flexibility index (Phi) is 5.56. The number of ether oxygens (including phenoxy) is 1. The lowest BCUT2D eigenvalue weighted by Crippen LogP contribution is -2.46. The molecule has 140 valence electrons. The average molecular weight is 359 g/mol. The zero-order valence-corrected chi connectivity index (χ0v) is 14.9. The molecule has 1 aliphatic carbocycles. The molecule has 0 aromatic heterocycles. The first kappa shape index (κ1) is 18.4. The van der Waals surface area contributed by atoms with Crippen molar-refractivity contribution in [3.05, 3.63) is 29.8 Å². The first-order valence-electron chi connectivity index (χ1n) is 9.03. The van der Waals surface area contributed by atoms with E-state index >= 15 is 0 Å². The number of methoxy groups -OCH3 is 1. The van der Waals surface area contributed by atoms with Gasteiger partial charge in [-0.15, -0.1) is 0 Å². The lowest BCUT2D eigenvalue weighted by Gasteiger charge is -2.32. The van der Waals surface area contributed by atoms with Gasteiger partial charge in [0.25, 0.3) is 5.91 Å². The Morgan fingerprint density at radius 1 is 1.23 bits per heavy atom. The summed E-state index contributed by atoms with van der Waals surface area (Å²) in [6.45, 7) is 0.0913. The van der Waals surface area contributed by atoms with E-state index in [1.807, 2.05) is 4.90 Å². The van der Waals surface area contributed by atoms with E-state index in [1.54, 1.807) is 24.3 Å². The van der Waals surface area contributed by atoms with E-state index < -0.39 is 5.91 Å². The van der Waals surface area contributed by atoms with E-state index in [9.17, 15) is 14.4 Å². The van der Waals surface area contributed by atoms with E-state index in [4.69, 9.17) is 10.5 Å². The largest absolute Gasteiger partial charge is 0.468 e. The van der Waals surface area contributed by atoms with Gasteiger partial charge in [0, 0.05) is 6.04 Å². The summed E-state index contributed by atoms with van der Waals surface area (Å²) in [5.41, 5.74) is 6.01. The molecule has 1 aliphatic heterocycles. The molecule has 3 N–H and O–H groups in total. The van der Waals surface area contributed by atoms with Crippen molar-refractivity contribution in [1.82, 2.24) is 4.90 Å². The van der Waals surface area contributed by atoms with Gasteiger partial charge in [0.15, 0.2) is 0 Å². The summed E-state index contributed by atoms with van der Waals surface area (Å²) in [5.74, 6) is -0.719. The van der Waals surface area contributed by atoms with Crippen LogP contribution >= 0.6 is 0 Å². The highest BCUT2D eigenvalue weighted by atomic mass is 16.5. The second-order valence-corrected chi connectivity index (χ2v) is 7.02. The van der Waals surface area contributed by atoms with E-state index in [2.05, 4.69) is 5.32 Å². The number of rotatable bonds is 5. The number of anilines is 1. The van der Waals surface area contributed by atoms with Gasteiger partial charge in [-0.2, -0.15) is 0 Å². The number of fused-ring (bicyclic) bond motifs is 1. The number of carbonyl (C=O) groups is 3. The Balaban J connectivity index is 1.74. The maximum atomic E-state index is 12.6. The highest BCUT2D eigenvalue weighted by molar-refractivity contribution is 6.03. The van der Waals surface area contributed by atoms with Crippen LogP contribution in [0.3, 0.4) is 0 Å². The number of nitrogens with one attached hydrogen (secondary N) is 1. The molecule has 0 radical (unpaired) electrons. The van der Waals surface area contributed by atoms with Gasteiger partial charge in [0.1, 0.15) is 6.04 Å². The van der Waals surface area contributed by atoms with Gasteiger partial charge in [0.2, 0.25) is 5.91 Å². The molecule has 1 heterocycles. The minimum absolute atomic E-state index is 0.0913. The Labute approximate surface area is 152 Å². The minimum atomic E-state index is -0.596. The minimum Gasteiger partial charge on any atom is -0.468 e. The Bertz CT molecular complexity index is 706. The fourth-order valence-corrected chi connectivity index (χ4v) is 4.31. The molecular weight excluding hydrogens is 334 g/mol. The van der Waals surface area contributed by atoms with E-state index in [-0.39, 0.29) is 36.1 Å². The molecule has 1 aromatic rings. The molecule has 7 nitrogen and oxygen atoms in total. The predicted molar refractivity (Wildman–Crippen MR) is 96.5 cm³/mol. The standard InChI is InChI=1S/C19H25N3O4/c1-26-19(25)16-10-12-6-2-5-9-15(12)22(16)11-17(23)21-14-8-4-3-7-13(14)18(20)24/h3-4,7-8,12,15-16H,2,5-6,9-11H2,1H3,(H2,20,24)(H,21,23)/t12-,15-,16+/m1/s1. The second kappa shape index (κ2) is 7.86. The first-order valence-corrected chi connectivity index (χ1v) is 9.03. The molecule has 0 unspecified atom stereocenters. The monoisotopic (exact) mass is 359 g/mol. The third-order valence-electron chi connectivity index (χ3n) is 5.49. The lowest BCUT2D eigenvalue weighted by molar-refractivity contribution is -0.146. The number of likely N-dealkylation sites (tertiary alicyclic amines) is 1. The molecule has 2 amide bonds. The zero-order valence-electron chi connectivity index (χ0n) is 14.9. The molecule has 2 fully saturated rings. The van der Waals surface area contributed by atoms with Crippen LogP contribution < -0.4 is 11.1 Å². The third-order valence-corrected chi connectivity index (χ3v) is 5.49. The predicted octanol–water partition coefficient (Wildman–Crippen LogP) is 1.53. The summed E-state index contributed by atoms with van der Waals surface area (Å²) < 4.78 is 4.95. The van der Waals surface area contributed by atoms with Gasteiger partial charge in [-0.25, -0.2) is 0 Å². The van der Waals surface area contributed by atoms with Gasteiger partial charge in [-0.05, 0) is 37.3 Å². The summed E-state index contributed by atoms with van der Waals surface area (Å²) >= 11 is 0. The summed E-state index contributed by atoms with van der Waals surface area (Å²) in [7, 11) is 1.38. The smallest absolute Gasteiger partial charge is 0.323 e. The zero-order chi connectivity index (χ0) is 18.7. The summed E-state index contributed by atoms with van der Waals surface area (Å²) in [6.07, 6.45) is 5.09. The molecule has 26 heavy (non-hydrogen) atoms. The number of carbonyl (C=O) groups excluding carboxylic acids is 3. The molecule has 0 spiro atoms. The second-order valence-electron chi connectivity index (χ2n) is 7.02. The van der Waals surface area contributed by atoms with Crippen molar-refractivity contribution in [3.63, 3.8) is 0 Å². The molecular formula is C19H25N3O4. The fraction of sp³-hybridized carbons (Fsp3) is 0.526. The van der Waals surface area contributed by atoms with Crippen LogP contribution in [0.25, 0.3) is 0 Å². The van der Waals surface area contributed by atoms with Crippen LogP contribution in [0.2, 0.25) is 0 Å². The summed E-state index contributed by atoms with van der Waals surface area (Å²) in [4.78, 5) is 38.3. The molecule has 3 rings (SSSR count). The van der Waals surface area contributed by atoms with Crippen molar-refractivity contribution in [3.8, 4) is 0 Å². The van der Waals surface area contributed by atoms with Crippen molar-refractivity contribution in [2.45, 2.75) is 44.2 Å². The van der Waals surface area contributed by atoms with Crippen molar-refractivity contribution in [1.29, 1.82) is 0 Å². The van der Waals surface area contributed by atoms with Crippen LogP contribution in [-0.2, 0) is 14.3 Å².